The van der Waals surface area contributed by atoms with Crippen LogP contribution in [-0.2, 0) is 6.18 Å². The average Bonchev–Trinajstić information content (AvgIpc) is 2.77. The molecule has 0 aliphatic carbocycles. The highest BCUT2D eigenvalue weighted by Crippen LogP contribution is 2.26. The van der Waals surface area contributed by atoms with E-state index in [1.54, 1.807) is 12.1 Å². The highest BCUT2D eigenvalue weighted by atomic mass is 35.5. The molecular formula is C10H6ClF3N4O. The fourth-order valence-corrected chi connectivity index (χ4v) is 1.44. The first-order valence-corrected chi connectivity index (χ1v) is 5.30. The Kier molecular flexibility index (Phi) is 3.43. The van der Waals surface area contributed by atoms with Crippen molar-refractivity contribution in [1.29, 1.82) is 0 Å². The van der Waals surface area contributed by atoms with Gasteiger partial charge in [0.1, 0.15) is 0 Å². The lowest BCUT2D eigenvalue weighted by Crippen LogP contribution is -2.13. The summed E-state index contributed by atoms with van der Waals surface area (Å²) in [7, 11) is 0. The number of nitrogens with one attached hydrogen (secondary N) is 2. The third-order valence-electron chi connectivity index (χ3n) is 2.06. The van der Waals surface area contributed by atoms with Gasteiger partial charge in [-0.05, 0) is 18.2 Å². The maximum absolute atomic E-state index is 12.2. The Morgan fingerprint density at radius 1 is 1.37 bits per heavy atom. The van der Waals surface area contributed by atoms with Crippen LogP contribution in [0.25, 0.3) is 0 Å². The van der Waals surface area contributed by atoms with Crippen LogP contribution in [0.3, 0.4) is 0 Å². The molecule has 0 aliphatic heterocycles. The Hall–Kier alpha value is -2.09. The Bertz CT molecular complexity index is 611. The lowest BCUT2D eigenvalue weighted by molar-refractivity contribution is -0.144. The van der Waals surface area contributed by atoms with E-state index in [0.717, 1.165) is 0 Å². The summed E-state index contributed by atoms with van der Waals surface area (Å²) in [5, 5.41) is 7.42. The van der Waals surface area contributed by atoms with Crippen LogP contribution in [0.5, 0.6) is 0 Å². The second-order valence-electron chi connectivity index (χ2n) is 3.47. The third-order valence-corrected chi connectivity index (χ3v) is 2.29. The Labute approximate surface area is 109 Å². The number of hydrogen-bond donors (Lipinski definition) is 2. The summed E-state index contributed by atoms with van der Waals surface area (Å²) in [4.78, 5) is 14.8. The zero-order valence-electron chi connectivity index (χ0n) is 9.12. The first kappa shape index (κ1) is 13.3. The summed E-state index contributed by atoms with van der Waals surface area (Å²) in [6.07, 6.45) is -4.67. The number of anilines is 1. The number of H-pyrrole nitrogens is 1. The molecule has 0 atom stereocenters. The smallest absolute Gasteiger partial charge is 0.291 e. The number of alkyl halides is 3. The zero-order valence-corrected chi connectivity index (χ0v) is 9.88. The molecule has 100 valence electrons. The fraction of sp³-hybridized carbons (Fsp3) is 0.100. The fourth-order valence-electron chi connectivity index (χ4n) is 1.25. The van der Waals surface area contributed by atoms with Gasteiger partial charge in [-0.3, -0.25) is 10.1 Å². The summed E-state index contributed by atoms with van der Waals surface area (Å²) < 4.78 is 36.7. The molecule has 2 aromatic rings. The van der Waals surface area contributed by atoms with Gasteiger partial charge in [-0.2, -0.15) is 18.2 Å². The molecule has 0 saturated carbocycles. The zero-order chi connectivity index (χ0) is 14.0. The topological polar surface area (TPSA) is 70.7 Å². The maximum Gasteiger partial charge on any atom is 0.453 e. The number of nitrogens with zero attached hydrogens (tertiary/aromatic N) is 2. The molecule has 2 rings (SSSR count). The number of hydrogen-bond acceptors (Lipinski definition) is 3. The van der Waals surface area contributed by atoms with E-state index >= 15 is 0 Å². The van der Waals surface area contributed by atoms with Gasteiger partial charge in [0.05, 0.1) is 0 Å². The first-order chi connectivity index (χ1) is 8.86. The van der Waals surface area contributed by atoms with Crippen LogP contribution >= 0.6 is 11.6 Å². The van der Waals surface area contributed by atoms with Crippen LogP contribution < -0.4 is 5.32 Å². The highest BCUT2D eigenvalue weighted by Gasteiger charge is 2.36. The van der Waals surface area contributed by atoms with Crippen molar-refractivity contribution in [1.82, 2.24) is 15.2 Å². The van der Waals surface area contributed by atoms with Crippen molar-refractivity contribution >= 4 is 23.5 Å². The van der Waals surface area contributed by atoms with Gasteiger partial charge in [-0.15, -0.1) is 5.10 Å². The Morgan fingerprint density at radius 3 is 2.68 bits per heavy atom. The third kappa shape index (κ3) is 3.22. The number of aromatic amines is 1. The number of rotatable bonds is 2. The van der Waals surface area contributed by atoms with Gasteiger partial charge in [0.25, 0.3) is 11.7 Å². The van der Waals surface area contributed by atoms with E-state index in [-0.39, 0.29) is 5.56 Å². The van der Waals surface area contributed by atoms with E-state index in [1.807, 2.05) is 5.10 Å². The molecule has 1 aromatic heterocycles. The molecule has 0 spiro atoms. The van der Waals surface area contributed by atoms with Crippen molar-refractivity contribution in [3.63, 3.8) is 0 Å². The molecule has 2 N–H and O–H groups in total. The van der Waals surface area contributed by atoms with Crippen LogP contribution in [-0.4, -0.2) is 21.1 Å². The lowest BCUT2D eigenvalue weighted by Gasteiger charge is -2.01. The van der Waals surface area contributed by atoms with Crippen LogP contribution in [0.4, 0.5) is 19.1 Å². The van der Waals surface area contributed by atoms with Crippen LogP contribution in [0.1, 0.15) is 16.2 Å². The van der Waals surface area contributed by atoms with Crippen LogP contribution in [0.2, 0.25) is 5.02 Å². The summed E-state index contributed by atoms with van der Waals surface area (Å²) in [5.74, 6) is -2.39. The average molecular weight is 291 g/mol. The number of halogens is 4. The van der Waals surface area contributed by atoms with Crippen molar-refractivity contribution in [2.24, 2.45) is 0 Å². The van der Waals surface area contributed by atoms with E-state index in [2.05, 4.69) is 15.4 Å². The normalized spacial score (nSPS) is 11.4. The maximum atomic E-state index is 12.2. The minimum absolute atomic E-state index is 0.192. The van der Waals surface area contributed by atoms with Gasteiger partial charge in [0.15, 0.2) is 0 Å². The van der Waals surface area contributed by atoms with Gasteiger partial charge in [-0.1, -0.05) is 17.7 Å². The largest absolute Gasteiger partial charge is 0.453 e. The predicted molar refractivity (Wildman–Crippen MR) is 60.8 cm³/mol. The predicted octanol–water partition coefficient (Wildman–Crippen LogP) is 2.73. The first-order valence-electron chi connectivity index (χ1n) is 4.93. The van der Waals surface area contributed by atoms with Gasteiger partial charge in [0, 0.05) is 10.6 Å². The van der Waals surface area contributed by atoms with Crippen LogP contribution in [0.15, 0.2) is 24.3 Å². The molecule has 1 aromatic carbocycles. The molecule has 0 saturated heterocycles. The molecule has 0 aliphatic rings. The van der Waals surface area contributed by atoms with E-state index in [4.69, 9.17) is 11.6 Å². The van der Waals surface area contributed by atoms with Crippen molar-refractivity contribution < 1.29 is 18.0 Å². The quantitative estimate of drug-likeness (QED) is 0.893. The summed E-state index contributed by atoms with van der Waals surface area (Å²) in [6.45, 7) is 0. The van der Waals surface area contributed by atoms with Crippen molar-refractivity contribution in [2.75, 3.05) is 5.32 Å². The van der Waals surface area contributed by atoms with Gasteiger partial charge >= 0.3 is 6.18 Å². The molecule has 1 heterocycles. The van der Waals surface area contributed by atoms with E-state index in [9.17, 15) is 18.0 Å². The minimum Gasteiger partial charge on any atom is -0.291 e. The SMILES string of the molecule is O=C(Nc1nc(C(F)(F)F)n[nH]1)c1cccc(Cl)c1. The van der Waals surface area contributed by atoms with Crippen LogP contribution in [0, 0.1) is 0 Å². The number of aromatic nitrogens is 3. The molecule has 5 nitrogen and oxygen atoms in total. The highest BCUT2D eigenvalue weighted by molar-refractivity contribution is 6.31. The van der Waals surface area contributed by atoms with Crippen molar-refractivity contribution in [3.05, 3.63) is 40.7 Å². The molecule has 0 unspecified atom stereocenters. The minimum atomic E-state index is -4.67. The molecule has 0 radical (unpaired) electrons. The monoisotopic (exact) mass is 290 g/mol. The second-order valence-corrected chi connectivity index (χ2v) is 3.91. The number of carbonyl (C=O) groups excluding carboxylic acids is 1. The Morgan fingerprint density at radius 2 is 2.11 bits per heavy atom. The summed E-state index contributed by atoms with van der Waals surface area (Å²) >= 11 is 5.69. The molecule has 1 amide bonds. The molecule has 0 fully saturated rings. The molecule has 9 heteroatoms. The second kappa shape index (κ2) is 4.88. The standard InChI is InChI=1S/C10H6ClF3N4O/c11-6-3-1-2-5(4-6)7(19)15-9-16-8(17-18-9)10(12,13)14/h1-4H,(H2,15,16,17,18,19). The molecule has 0 bridgehead atoms. The lowest BCUT2D eigenvalue weighted by atomic mass is 10.2. The van der Waals surface area contributed by atoms with Crippen molar-refractivity contribution in [3.8, 4) is 0 Å². The summed E-state index contributed by atoms with van der Waals surface area (Å²) in [5.41, 5.74) is 0.192. The van der Waals surface area contributed by atoms with E-state index in [1.165, 1.54) is 12.1 Å². The van der Waals surface area contributed by atoms with E-state index < -0.39 is 23.9 Å². The van der Waals surface area contributed by atoms with Gasteiger partial charge < -0.3 is 0 Å². The number of benzene rings is 1. The number of amides is 1. The summed E-state index contributed by atoms with van der Waals surface area (Å²) in [6, 6.07) is 5.94. The van der Waals surface area contributed by atoms with Crippen molar-refractivity contribution in [2.45, 2.75) is 6.18 Å². The van der Waals surface area contributed by atoms with Gasteiger partial charge in [-0.25, -0.2) is 5.10 Å². The number of carbonyl (C=O) groups is 1. The van der Waals surface area contributed by atoms with Gasteiger partial charge in [0.2, 0.25) is 5.95 Å². The molecular weight excluding hydrogens is 285 g/mol. The van der Waals surface area contributed by atoms with E-state index in [0.29, 0.717) is 5.02 Å². The molecule has 19 heavy (non-hydrogen) atoms. The Balaban J connectivity index is 2.13.